The zero-order valence-electron chi connectivity index (χ0n) is 8.63. The number of carboxylic acids is 1. The van der Waals surface area contributed by atoms with Crippen LogP contribution in [0.25, 0.3) is 0 Å². The molecule has 0 aliphatic heterocycles. The van der Waals surface area contributed by atoms with Crippen molar-refractivity contribution in [3.05, 3.63) is 22.2 Å². The zero-order valence-corrected chi connectivity index (χ0v) is 9.38. The van der Waals surface area contributed by atoms with Gasteiger partial charge >= 0.3 is 5.97 Å². The van der Waals surface area contributed by atoms with Crippen LogP contribution in [-0.4, -0.2) is 25.3 Å². The number of hydrogen-bond donors (Lipinski definition) is 1. The van der Waals surface area contributed by atoms with Gasteiger partial charge in [-0.05, 0) is 18.6 Å². The fourth-order valence-electron chi connectivity index (χ4n) is 1.29. The summed E-state index contributed by atoms with van der Waals surface area (Å²) in [6, 6.07) is 1.56. The Morgan fingerprint density at radius 2 is 2.00 bits per heavy atom. The molecule has 0 aliphatic rings. The van der Waals surface area contributed by atoms with E-state index in [1.807, 2.05) is 0 Å². The number of methoxy groups -OCH3 is 2. The molecule has 0 unspecified atom stereocenters. The minimum Gasteiger partial charge on any atom is -0.496 e. The number of carbonyl (C=O) groups is 1. The van der Waals surface area contributed by atoms with Gasteiger partial charge in [-0.1, -0.05) is 11.6 Å². The normalized spacial score (nSPS) is 9.87. The fourth-order valence-corrected chi connectivity index (χ4v) is 1.51. The molecule has 0 amide bonds. The van der Waals surface area contributed by atoms with Crippen LogP contribution in [0.15, 0.2) is 6.07 Å². The van der Waals surface area contributed by atoms with Gasteiger partial charge in [0.2, 0.25) is 0 Å². The molecule has 1 aromatic rings. The Kier molecular flexibility index (Phi) is 3.42. The predicted molar refractivity (Wildman–Crippen MR) is 56.3 cm³/mol. The average Bonchev–Trinajstić information content (AvgIpc) is 2.20. The second-order valence-corrected chi connectivity index (χ2v) is 3.30. The van der Waals surface area contributed by atoms with Gasteiger partial charge in [0.05, 0.1) is 19.2 Å². The maximum Gasteiger partial charge on any atom is 0.343 e. The molecule has 0 saturated heterocycles. The van der Waals surface area contributed by atoms with Crippen LogP contribution in [0.5, 0.6) is 11.5 Å². The third kappa shape index (κ3) is 1.99. The van der Waals surface area contributed by atoms with Gasteiger partial charge in [-0.2, -0.15) is 0 Å². The first kappa shape index (κ1) is 11.7. The molecular weight excluding hydrogens is 220 g/mol. The van der Waals surface area contributed by atoms with E-state index in [0.717, 1.165) is 0 Å². The van der Waals surface area contributed by atoms with Crippen LogP contribution in [0.2, 0.25) is 5.02 Å². The van der Waals surface area contributed by atoms with Crippen molar-refractivity contribution in [2.75, 3.05) is 14.2 Å². The molecular formula is C10H11ClO4. The Morgan fingerprint density at radius 3 is 2.40 bits per heavy atom. The van der Waals surface area contributed by atoms with Gasteiger partial charge in [-0.3, -0.25) is 0 Å². The van der Waals surface area contributed by atoms with Crippen molar-refractivity contribution >= 4 is 17.6 Å². The molecule has 1 N–H and O–H groups in total. The smallest absolute Gasteiger partial charge is 0.343 e. The second-order valence-electron chi connectivity index (χ2n) is 2.92. The van der Waals surface area contributed by atoms with Crippen molar-refractivity contribution in [2.24, 2.45) is 0 Å². The number of carboxylic acid groups (broad SMARTS) is 1. The topological polar surface area (TPSA) is 55.8 Å². The number of rotatable bonds is 3. The fraction of sp³-hybridized carbons (Fsp3) is 0.300. The van der Waals surface area contributed by atoms with Crippen LogP contribution in [0.3, 0.4) is 0 Å². The van der Waals surface area contributed by atoms with E-state index in [9.17, 15) is 4.79 Å². The van der Waals surface area contributed by atoms with E-state index in [4.69, 9.17) is 26.2 Å². The van der Waals surface area contributed by atoms with E-state index in [1.54, 1.807) is 13.0 Å². The molecule has 0 atom stereocenters. The number of ether oxygens (including phenoxy) is 2. The van der Waals surface area contributed by atoms with E-state index in [0.29, 0.717) is 5.56 Å². The lowest BCUT2D eigenvalue weighted by Crippen LogP contribution is -2.05. The second kappa shape index (κ2) is 4.40. The number of benzene rings is 1. The summed E-state index contributed by atoms with van der Waals surface area (Å²) in [6.07, 6.45) is 0. The minimum absolute atomic E-state index is 0.0596. The highest BCUT2D eigenvalue weighted by Gasteiger charge is 2.22. The van der Waals surface area contributed by atoms with Gasteiger partial charge in [-0.25, -0.2) is 4.79 Å². The van der Waals surface area contributed by atoms with E-state index in [2.05, 4.69) is 0 Å². The van der Waals surface area contributed by atoms with Gasteiger partial charge in [0, 0.05) is 0 Å². The summed E-state index contributed by atoms with van der Waals surface area (Å²) in [4.78, 5) is 11.0. The maximum absolute atomic E-state index is 11.0. The van der Waals surface area contributed by atoms with E-state index < -0.39 is 5.97 Å². The highest BCUT2D eigenvalue weighted by atomic mass is 35.5. The first-order valence-electron chi connectivity index (χ1n) is 4.17. The quantitative estimate of drug-likeness (QED) is 0.866. The summed E-state index contributed by atoms with van der Waals surface area (Å²) >= 11 is 5.93. The van der Waals surface area contributed by atoms with Gasteiger partial charge in [0.1, 0.15) is 11.3 Å². The van der Waals surface area contributed by atoms with Crippen molar-refractivity contribution in [2.45, 2.75) is 6.92 Å². The van der Waals surface area contributed by atoms with Crippen LogP contribution >= 0.6 is 11.6 Å². The molecule has 1 rings (SSSR count). The maximum atomic E-state index is 11.0. The standard InChI is InChI=1S/C10H11ClO4/c1-5-4-6(14-2)7(10(12)13)9(15-3)8(5)11/h4H,1-3H3,(H,12,13). The van der Waals surface area contributed by atoms with Crippen molar-refractivity contribution in [1.82, 2.24) is 0 Å². The highest BCUT2D eigenvalue weighted by Crippen LogP contribution is 2.37. The van der Waals surface area contributed by atoms with E-state index in [1.165, 1.54) is 14.2 Å². The number of aryl methyl sites for hydroxylation is 1. The van der Waals surface area contributed by atoms with Gasteiger partial charge < -0.3 is 14.6 Å². The Balaban J connectivity index is 3.56. The molecule has 0 saturated carbocycles. The summed E-state index contributed by atoms with van der Waals surface area (Å²) in [6.45, 7) is 1.75. The summed E-state index contributed by atoms with van der Waals surface area (Å²) in [5.41, 5.74) is 0.644. The van der Waals surface area contributed by atoms with Crippen LogP contribution in [0.1, 0.15) is 15.9 Å². The molecule has 0 bridgehead atoms. The number of halogens is 1. The van der Waals surface area contributed by atoms with Crippen molar-refractivity contribution in [3.8, 4) is 11.5 Å². The molecule has 0 aliphatic carbocycles. The highest BCUT2D eigenvalue weighted by molar-refractivity contribution is 6.33. The van der Waals surface area contributed by atoms with Crippen molar-refractivity contribution in [1.29, 1.82) is 0 Å². The summed E-state index contributed by atoms with van der Waals surface area (Å²) in [5, 5.41) is 9.29. The van der Waals surface area contributed by atoms with Crippen molar-refractivity contribution < 1.29 is 19.4 Å². The SMILES string of the molecule is COc1cc(C)c(Cl)c(OC)c1C(=O)O. The number of aromatic carboxylic acids is 1. The minimum atomic E-state index is -1.13. The van der Waals surface area contributed by atoms with E-state index in [-0.39, 0.29) is 22.1 Å². The van der Waals surface area contributed by atoms with Crippen molar-refractivity contribution in [3.63, 3.8) is 0 Å². The lowest BCUT2D eigenvalue weighted by Gasteiger charge is -2.13. The largest absolute Gasteiger partial charge is 0.496 e. The molecule has 15 heavy (non-hydrogen) atoms. The number of hydrogen-bond acceptors (Lipinski definition) is 3. The molecule has 0 radical (unpaired) electrons. The first-order chi connectivity index (χ1) is 7.02. The molecule has 1 aromatic carbocycles. The molecule has 5 heteroatoms. The van der Waals surface area contributed by atoms with E-state index >= 15 is 0 Å². The van der Waals surface area contributed by atoms with Gasteiger partial charge in [0.25, 0.3) is 0 Å². The summed E-state index contributed by atoms with van der Waals surface area (Å²) < 4.78 is 9.93. The zero-order chi connectivity index (χ0) is 11.6. The molecule has 4 nitrogen and oxygen atoms in total. The summed E-state index contributed by atoms with van der Waals surface area (Å²) in [7, 11) is 2.76. The Bertz CT molecular complexity index is 401. The molecule has 82 valence electrons. The lowest BCUT2D eigenvalue weighted by atomic mass is 10.1. The van der Waals surface area contributed by atoms with Crippen LogP contribution < -0.4 is 9.47 Å². The third-order valence-electron chi connectivity index (χ3n) is 2.00. The van der Waals surface area contributed by atoms with Crippen LogP contribution in [0.4, 0.5) is 0 Å². The van der Waals surface area contributed by atoms with Gasteiger partial charge in [-0.15, -0.1) is 0 Å². The average molecular weight is 231 g/mol. The summed E-state index contributed by atoms with van der Waals surface area (Å²) in [5.74, 6) is -0.770. The Labute approximate surface area is 92.4 Å². The monoisotopic (exact) mass is 230 g/mol. The van der Waals surface area contributed by atoms with Crippen LogP contribution in [0, 0.1) is 6.92 Å². The predicted octanol–water partition coefficient (Wildman–Crippen LogP) is 2.36. The molecule has 0 fully saturated rings. The lowest BCUT2D eigenvalue weighted by molar-refractivity contribution is 0.0689. The Morgan fingerprint density at radius 1 is 1.40 bits per heavy atom. The third-order valence-corrected chi connectivity index (χ3v) is 2.47. The first-order valence-corrected chi connectivity index (χ1v) is 4.55. The molecule has 0 aromatic heterocycles. The molecule has 0 heterocycles. The Hall–Kier alpha value is -1.42. The van der Waals surface area contributed by atoms with Gasteiger partial charge in [0.15, 0.2) is 5.75 Å². The molecule has 0 spiro atoms. The van der Waals surface area contributed by atoms with Crippen LogP contribution in [-0.2, 0) is 0 Å².